The van der Waals surface area contributed by atoms with E-state index in [0.29, 0.717) is 45.1 Å². The van der Waals surface area contributed by atoms with Gasteiger partial charge in [-0.15, -0.1) is 0 Å². The number of rotatable bonds is 10. The molecule has 1 aromatic carbocycles. The van der Waals surface area contributed by atoms with E-state index in [2.05, 4.69) is 10.6 Å². The lowest BCUT2D eigenvalue weighted by Gasteiger charge is -2.39. The van der Waals surface area contributed by atoms with Crippen LogP contribution in [0.25, 0.3) is 10.9 Å². The summed E-state index contributed by atoms with van der Waals surface area (Å²) < 4.78 is 1.62. The van der Waals surface area contributed by atoms with Crippen molar-refractivity contribution in [3.05, 3.63) is 36.0 Å². The van der Waals surface area contributed by atoms with Gasteiger partial charge in [0.2, 0.25) is 17.7 Å². The Labute approximate surface area is 247 Å². The number of benzene rings is 1. The summed E-state index contributed by atoms with van der Waals surface area (Å²) in [7, 11) is 1.56. The highest BCUT2D eigenvalue weighted by Gasteiger charge is 2.40. The molecule has 0 aliphatic carbocycles. The van der Waals surface area contributed by atoms with Crippen molar-refractivity contribution in [3.8, 4) is 0 Å². The molecule has 0 saturated carbocycles. The number of aromatic nitrogens is 1. The van der Waals surface area contributed by atoms with Crippen LogP contribution in [0.1, 0.15) is 77.2 Å². The Morgan fingerprint density at radius 3 is 2.60 bits per heavy atom. The highest BCUT2D eigenvalue weighted by Crippen LogP contribution is 2.27. The van der Waals surface area contributed by atoms with E-state index in [1.165, 1.54) is 0 Å². The van der Waals surface area contributed by atoms with Gasteiger partial charge in [-0.25, -0.2) is 0 Å². The van der Waals surface area contributed by atoms with Gasteiger partial charge in [-0.1, -0.05) is 44.9 Å². The Morgan fingerprint density at radius 2 is 1.86 bits per heavy atom. The average Bonchev–Trinajstić information content (AvgIpc) is 3.36. The highest BCUT2D eigenvalue weighted by molar-refractivity contribution is 5.98. The van der Waals surface area contributed by atoms with E-state index < -0.39 is 30.0 Å². The monoisotopic (exact) mass is 580 g/mol. The molecule has 2 aromatic rings. The van der Waals surface area contributed by atoms with Gasteiger partial charge in [0.15, 0.2) is 5.78 Å². The maximum atomic E-state index is 14.0. The molecule has 2 fully saturated rings. The van der Waals surface area contributed by atoms with Crippen molar-refractivity contribution in [3.63, 3.8) is 0 Å². The number of nitrogens with zero attached hydrogens (tertiary/aromatic N) is 2. The van der Waals surface area contributed by atoms with Gasteiger partial charge >= 0.3 is 0 Å². The smallest absolute Gasteiger partial charge is 0.246 e. The van der Waals surface area contributed by atoms with E-state index in [0.717, 1.165) is 35.6 Å². The number of Topliss-reactive ketones (excluding diaryl/α,β-unsaturated/α-hetero) is 1. The van der Waals surface area contributed by atoms with Crippen LogP contribution >= 0.6 is 0 Å². The molecular weight excluding hydrogens is 536 g/mol. The highest BCUT2D eigenvalue weighted by atomic mass is 16.6. The van der Waals surface area contributed by atoms with Gasteiger partial charge in [0.1, 0.15) is 25.5 Å². The number of nitrogens with one attached hydrogen (secondary N) is 2. The molecule has 2 N–H and O–H groups in total. The summed E-state index contributed by atoms with van der Waals surface area (Å²) in [4.78, 5) is 73.4. The first kappa shape index (κ1) is 31.3. The van der Waals surface area contributed by atoms with Crippen molar-refractivity contribution >= 4 is 40.7 Å². The minimum atomic E-state index is -0.975. The zero-order chi connectivity index (χ0) is 30.2. The van der Waals surface area contributed by atoms with Gasteiger partial charge in [-0.05, 0) is 49.7 Å². The normalized spacial score (nSPS) is 24.7. The SMILES string of the molecule is CCC(C)[C@@H]1NC(=O)[C@H](Cc2cn(OC)c3ccccc23)NC(=O)[C@H](CCCCC=O)CC(=O)[C@H]2CCCCN2C1=O. The van der Waals surface area contributed by atoms with E-state index >= 15 is 0 Å². The molecule has 3 amide bonds. The zero-order valence-corrected chi connectivity index (χ0v) is 25.0. The molecule has 1 aromatic heterocycles. The molecule has 0 bridgehead atoms. The lowest BCUT2D eigenvalue weighted by atomic mass is 9.87. The van der Waals surface area contributed by atoms with Gasteiger partial charge in [0.05, 0.1) is 11.6 Å². The number of hydrogen-bond donors (Lipinski definition) is 2. The summed E-state index contributed by atoms with van der Waals surface area (Å²) in [5.41, 5.74) is 1.64. The van der Waals surface area contributed by atoms with Crippen LogP contribution < -0.4 is 15.5 Å². The number of carbonyl (C=O) groups is 5. The fourth-order valence-corrected chi connectivity index (χ4v) is 6.22. The lowest BCUT2D eigenvalue weighted by molar-refractivity contribution is -0.147. The van der Waals surface area contributed by atoms with Crippen LogP contribution in [0.15, 0.2) is 30.5 Å². The predicted molar refractivity (Wildman–Crippen MR) is 158 cm³/mol. The second-order valence-corrected chi connectivity index (χ2v) is 11.7. The largest absolute Gasteiger partial charge is 0.417 e. The minimum absolute atomic E-state index is 0.00725. The predicted octanol–water partition coefficient (Wildman–Crippen LogP) is 2.99. The molecule has 2 aliphatic rings. The van der Waals surface area contributed by atoms with Gasteiger partial charge in [-0.2, -0.15) is 4.73 Å². The summed E-state index contributed by atoms with van der Waals surface area (Å²) >= 11 is 0. The second kappa shape index (κ2) is 14.5. The van der Waals surface area contributed by atoms with E-state index in [-0.39, 0.29) is 36.4 Å². The maximum Gasteiger partial charge on any atom is 0.246 e. The van der Waals surface area contributed by atoms with E-state index in [4.69, 9.17) is 4.84 Å². The van der Waals surface area contributed by atoms with Crippen molar-refractivity contribution in [1.29, 1.82) is 0 Å². The van der Waals surface area contributed by atoms with Gasteiger partial charge < -0.3 is 25.2 Å². The number of piperidine rings is 1. The number of amides is 3. The second-order valence-electron chi connectivity index (χ2n) is 11.7. The molecule has 1 unspecified atom stereocenters. The maximum absolute atomic E-state index is 14.0. The number of ketones is 1. The van der Waals surface area contributed by atoms with Crippen LogP contribution in [-0.2, 0) is 30.4 Å². The minimum Gasteiger partial charge on any atom is -0.417 e. The lowest BCUT2D eigenvalue weighted by Crippen LogP contribution is -2.61. The molecule has 4 rings (SSSR count). The Morgan fingerprint density at radius 1 is 1.07 bits per heavy atom. The van der Waals surface area contributed by atoms with E-state index in [1.807, 2.05) is 38.1 Å². The number of carbonyl (C=O) groups excluding carboxylic acids is 5. The standard InChI is InChI=1S/C32H44N4O6/c1-4-21(2)29-32(41)35-16-10-9-15-27(35)28(38)19-22(12-6-5-11-17-37)30(39)33-25(31(40)34-29)18-23-20-36(42-3)26-14-8-7-13-24(23)26/h7-8,13-14,17,20-22,25,27,29H,4-6,9-12,15-16,18-19H2,1-3H3,(H,33,39)(H,34,40)/t21?,22-,25+,27-,29+/m1/s1. The number of unbranched alkanes of at least 4 members (excludes halogenated alkanes) is 2. The molecule has 42 heavy (non-hydrogen) atoms. The van der Waals surface area contributed by atoms with Gasteiger partial charge in [-0.3, -0.25) is 19.2 Å². The molecule has 5 atom stereocenters. The molecule has 3 heterocycles. The third kappa shape index (κ3) is 7.02. The first-order valence-corrected chi connectivity index (χ1v) is 15.3. The number of aldehydes is 1. The van der Waals surface area contributed by atoms with Crippen LogP contribution in [0.3, 0.4) is 0 Å². The summed E-state index contributed by atoms with van der Waals surface area (Å²) in [6, 6.07) is 5.26. The Balaban J connectivity index is 1.71. The summed E-state index contributed by atoms with van der Waals surface area (Å²) in [6.07, 6.45) is 7.67. The summed E-state index contributed by atoms with van der Waals surface area (Å²) in [5, 5.41) is 6.83. The Hall–Kier alpha value is -3.69. The third-order valence-electron chi connectivity index (χ3n) is 8.89. The van der Waals surface area contributed by atoms with Crippen LogP contribution in [-0.4, -0.2) is 71.2 Å². The van der Waals surface area contributed by atoms with E-state index in [1.54, 1.807) is 22.9 Å². The Kier molecular flexibility index (Phi) is 10.8. The Bertz CT molecular complexity index is 1290. The third-order valence-corrected chi connectivity index (χ3v) is 8.89. The van der Waals surface area contributed by atoms with Crippen molar-refractivity contribution in [2.75, 3.05) is 13.7 Å². The van der Waals surface area contributed by atoms with Gasteiger partial charge in [0.25, 0.3) is 0 Å². The molecule has 0 radical (unpaired) electrons. The topological polar surface area (TPSA) is 127 Å². The zero-order valence-electron chi connectivity index (χ0n) is 25.0. The van der Waals surface area contributed by atoms with Crippen LogP contribution in [0.2, 0.25) is 0 Å². The van der Waals surface area contributed by atoms with Crippen molar-refractivity contribution in [2.45, 2.75) is 96.2 Å². The first-order chi connectivity index (χ1) is 20.3. The molecule has 2 saturated heterocycles. The molecule has 10 nitrogen and oxygen atoms in total. The first-order valence-electron chi connectivity index (χ1n) is 15.3. The van der Waals surface area contributed by atoms with Gasteiger partial charge in [0, 0.05) is 43.3 Å². The van der Waals surface area contributed by atoms with Crippen LogP contribution in [0.5, 0.6) is 0 Å². The fraction of sp³-hybridized carbons (Fsp3) is 0.594. The molecular formula is C32H44N4O6. The van der Waals surface area contributed by atoms with E-state index in [9.17, 15) is 24.0 Å². The van der Waals surface area contributed by atoms with Crippen LogP contribution in [0, 0.1) is 11.8 Å². The van der Waals surface area contributed by atoms with Crippen LogP contribution in [0.4, 0.5) is 0 Å². The molecule has 10 heteroatoms. The quantitative estimate of drug-likeness (QED) is 0.329. The average molecular weight is 581 g/mol. The molecule has 228 valence electrons. The fourth-order valence-electron chi connectivity index (χ4n) is 6.22. The summed E-state index contributed by atoms with van der Waals surface area (Å²) in [5.74, 6) is -1.98. The number of fused-ring (bicyclic) bond motifs is 2. The summed E-state index contributed by atoms with van der Waals surface area (Å²) in [6.45, 7) is 4.34. The number of para-hydroxylation sites is 1. The van der Waals surface area contributed by atoms with Crippen molar-refractivity contribution in [2.24, 2.45) is 11.8 Å². The van der Waals surface area contributed by atoms with Crippen molar-refractivity contribution < 1.29 is 28.8 Å². The molecule has 2 aliphatic heterocycles. The molecule has 0 spiro atoms. The number of hydrogen-bond acceptors (Lipinski definition) is 6. The van der Waals surface area contributed by atoms with Crippen molar-refractivity contribution in [1.82, 2.24) is 20.3 Å².